The molecule has 9 nitrogen and oxygen atoms in total. The molecule has 0 radical (unpaired) electrons. The summed E-state index contributed by atoms with van der Waals surface area (Å²) in [6, 6.07) is 3.56. The molecule has 37 heavy (non-hydrogen) atoms. The molecule has 0 atom stereocenters. The number of nitrogens with one attached hydrogen (secondary N) is 1. The molecule has 0 spiro atoms. The van der Waals surface area contributed by atoms with Crippen molar-refractivity contribution in [2.75, 3.05) is 54.6 Å². The van der Waals surface area contributed by atoms with Crippen molar-refractivity contribution in [2.24, 2.45) is 10.4 Å². The summed E-state index contributed by atoms with van der Waals surface area (Å²) in [5.74, 6) is 1.26. The van der Waals surface area contributed by atoms with Crippen molar-refractivity contribution < 1.29 is 9.53 Å². The number of carbonyl (C=O) groups excluding carboxylic acids is 1. The molecule has 4 rings (SSSR count). The van der Waals surface area contributed by atoms with Gasteiger partial charge in [0.15, 0.2) is 0 Å². The van der Waals surface area contributed by atoms with Crippen LogP contribution in [-0.4, -0.2) is 56.0 Å². The third-order valence-corrected chi connectivity index (χ3v) is 6.89. The molecule has 2 aromatic rings. The Hall–Kier alpha value is -3.36. The highest BCUT2D eigenvalue weighted by molar-refractivity contribution is 6.04. The van der Waals surface area contributed by atoms with Crippen molar-refractivity contribution >= 4 is 35.3 Å². The Morgan fingerprint density at radius 1 is 1.35 bits per heavy atom. The van der Waals surface area contributed by atoms with Crippen LogP contribution in [0.15, 0.2) is 23.3 Å². The first-order valence-electron chi connectivity index (χ1n) is 13.5. The van der Waals surface area contributed by atoms with Gasteiger partial charge in [-0.25, -0.2) is 9.78 Å². The number of pyridine rings is 2. The molecule has 1 aliphatic heterocycles. The molecule has 9 heteroatoms. The fraction of sp³-hybridized carbons (Fsp3) is 0.571. The SMILES string of the molecule is CC.CCCCCN(CC1(C)CC1)c1ccnc2c1CCN2C(=O)Nc1cc(C=NC)c(N)nc1OC. The second kappa shape index (κ2) is 12.7. The highest BCUT2D eigenvalue weighted by atomic mass is 16.5. The maximum absolute atomic E-state index is 13.3. The van der Waals surface area contributed by atoms with Gasteiger partial charge in [-0.1, -0.05) is 40.5 Å². The highest BCUT2D eigenvalue weighted by Crippen LogP contribution is 2.47. The highest BCUT2D eigenvalue weighted by Gasteiger charge is 2.40. The van der Waals surface area contributed by atoms with Crippen molar-refractivity contribution in [2.45, 2.75) is 66.2 Å². The van der Waals surface area contributed by atoms with Gasteiger partial charge in [0.25, 0.3) is 0 Å². The molecule has 1 fully saturated rings. The molecule has 3 heterocycles. The van der Waals surface area contributed by atoms with Crippen molar-refractivity contribution in [3.8, 4) is 5.88 Å². The van der Waals surface area contributed by atoms with E-state index in [0.29, 0.717) is 23.2 Å². The van der Waals surface area contributed by atoms with Gasteiger partial charge in [0.1, 0.15) is 17.3 Å². The van der Waals surface area contributed by atoms with E-state index in [1.54, 1.807) is 24.2 Å². The van der Waals surface area contributed by atoms with Crippen LogP contribution < -0.4 is 25.6 Å². The number of ether oxygens (including phenoxy) is 1. The van der Waals surface area contributed by atoms with Gasteiger partial charge < -0.3 is 20.7 Å². The minimum absolute atomic E-state index is 0.255. The second-order valence-corrected chi connectivity index (χ2v) is 9.81. The number of unbranched alkanes of at least 4 members (excludes halogenated alkanes) is 2. The van der Waals surface area contributed by atoms with Gasteiger partial charge in [-0.15, -0.1) is 0 Å². The van der Waals surface area contributed by atoms with E-state index >= 15 is 0 Å². The van der Waals surface area contributed by atoms with Crippen molar-refractivity contribution in [1.29, 1.82) is 0 Å². The lowest BCUT2D eigenvalue weighted by molar-refractivity contribution is 0.257. The van der Waals surface area contributed by atoms with Gasteiger partial charge in [-0.05, 0) is 43.2 Å². The molecule has 1 saturated carbocycles. The largest absolute Gasteiger partial charge is 0.479 e. The van der Waals surface area contributed by atoms with Crippen molar-refractivity contribution in [1.82, 2.24) is 9.97 Å². The van der Waals surface area contributed by atoms with Crippen molar-refractivity contribution in [3.05, 3.63) is 29.5 Å². The van der Waals surface area contributed by atoms with Crippen molar-refractivity contribution in [3.63, 3.8) is 0 Å². The lowest BCUT2D eigenvalue weighted by atomic mass is 10.1. The Kier molecular flexibility index (Phi) is 9.72. The number of methoxy groups -OCH3 is 1. The molecular weight excluding hydrogens is 466 g/mol. The Bertz CT molecular complexity index is 1100. The van der Waals surface area contributed by atoms with E-state index < -0.39 is 0 Å². The van der Waals surface area contributed by atoms with Crippen LogP contribution in [0.5, 0.6) is 5.88 Å². The number of nitrogens with zero attached hydrogens (tertiary/aromatic N) is 5. The molecule has 1 aliphatic carbocycles. The number of hydrogen-bond donors (Lipinski definition) is 2. The molecular formula is C28H43N7O2. The summed E-state index contributed by atoms with van der Waals surface area (Å²) in [6.45, 7) is 11.3. The van der Waals surface area contributed by atoms with Crippen LogP contribution >= 0.6 is 0 Å². The van der Waals surface area contributed by atoms with Gasteiger partial charge in [0, 0.05) is 55.9 Å². The van der Waals surface area contributed by atoms with Crippen LogP contribution in [0.4, 0.5) is 27.8 Å². The molecule has 202 valence electrons. The lowest BCUT2D eigenvalue weighted by Crippen LogP contribution is -2.34. The minimum Gasteiger partial charge on any atom is -0.479 e. The normalized spacial score (nSPS) is 15.1. The standard InChI is InChI=1S/C26H37N7O2.C2H6/c1-5-6-7-13-32(17-26(2)10-11-26)21-8-12-29-23-19(21)9-14-33(23)25(34)30-20-15-18(16-28-3)22(27)31-24(20)35-4;1-2/h8,12,15-16H,5-7,9-11,13-14,17H2,1-4H3,(H2,27,31)(H,30,34);1-2H3. The fourth-order valence-corrected chi connectivity index (χ4v) is 4.63. The van der Waals surface area contributed by atoms with Gasteiger partial charge in [0.2, 0.25) is 5.88 Å². The minimum atomic E-state index is -0.274. The van der Waals surface area contributed by atoms with E-state index in [9.17, 15) is 4.79 Å². The summed E-state index contributed by atoms with van der Waals surface area (Å²) in [4.78, 5) is 30.4. The molecule has 2 amide bonds. The predicted molar refractivity (Wildman–Crippen MR) is 153 cm³/mol. The zero-order chi connectivity index (χ0) is 27.0. The zero-order valence-corrected chi connectivity index (χ0v) is 23.3. The Morgan fingerprint density at radius 2 is 2.11 bits per heavy atom. The van der Waals surface area contributed by atoms with E-state index in [-0.39, 0.29) is 17.7 Å². The van der Waals surface area contributed by atoms with Crippen LogP contribution in [0.3, 0.4) is 0 Å². The number of urea groups is 1. The summed E-state index contributed by atoms with van der Waals surface area (Å²) in [6.07, 6.45) is 10.3. The van der Waals surface area contributed by atoms with Gasteiger partial charge in [-0.2, -0.15) is 4.98 Å². The lowest BCUT2D eigenvalue weighted by Gasteiger charge is -2.30. The number of nitrogens with two attached hydrogens (primary N) is 1. The fourth-order valence-electron chi connectivity index (χ4n) is 4.63. The van der Waals surface area contributed by atoms with Crippen LogP contribution in [0, 0.1) is 5.41 Å². The van der Waals surface area contributed by atoms with Crippen LogP contribution in [0.1, 0.15) is 70.9 Å². The first-order chi connectivity index (χ1) is 17.9. The number of nitrogen functional groups attached to an aromatic ring is 1. The Morgan fingerprint density at radius 3 is 2.76 bits per heavy atom. The molecule has 0 aromatic carbocycles. The summed E-state index contributed by atoms with van der Waals surface area (Å²) in [5, 5.41) is 2.94. The van der Waals surface area contributed by atoms with Crippen LogP contribution in [0.2, 0.25) is 0 Å². The van der Waals surface area contributed by atoms with E-state index in [1.165, 1.54) is 44.9 Å². The smallest absolute Gasteiger partial charge is 0.327 e. The molecule has 2 aliphatic rings. The maximum atomic E-state index is 13.3. The number of hydrogen-bond acceptors (Lipinski definition) is 7. The molecule has 0 saturated heterocycles. The van der Waals surface area contributed by atoms with Gasteiger partial charge >= 0.3 is 6.03 Å². The summed E-state index contributed by atoms with van der Waals surface area (Å²) >= 11 is 0. The second-order valence-electron chi connectivity index (χ2n) is 9.81. The number of carbonyl (C=O) groups is 1. The summed E-state index contributed by atoms with van der Waals surface area (Å²) < 4.78 is 5.35. The molecule has 0 unspecified atom stereocenters. The van der Waals surface area contributed by atoms with E-state index in [2.05, 4.69) is 45.1 Å². The monoisotopic (exact) mass is 509 g/mol. The topological polar surface area (TPSA) is 109 Å². The third-order valence-electron chi connectivity index (χ3n) is 6.89. The van der Waals surface area contributed by atoms with E-state index in [0.717, 1.165) is 30.9 Å². The Balaban J connectivity index is 0.00000186. The van der Waals surface area contributed by atoms with Gasteiger partial charge in [-0.3, -0.25) is 9.89 Å². The number of amides is 2. The number of rotatable bonds is 10. The van der Waals surface area contributed by atoms with Gasteiger partial charge in [0.05, 0.1) is 7.11 Å². The maximum Gasteiger partial charge on any atom is 0.327 e. The number of aromatic nitrogens is 2. The van der Waals surface area contributed by atoms with Crippen LogP contribution in [-0.2, 0) is 6.42 Å². The quantitative estimate of drug-likeness (QED) is 0.322. The summed E-state index contributed by atoms with van der Waals surface area (Å²) in [5.41, 5.74) is 9.79. The molecule has 0 bridgehead atoms. The summed E-state index contributed by atoms with van der Waals surface area (Å²) in [7, 11) is 3.15. The first-order valence-corrected chi connectivity index (χ1v) is 13.5. The zero-order valence-electron chi connectivity index (χ0n) is 23.3. The average molecular weight is 510 g/mol. The predicted octanol–water partition coefficient (Wildman–Crippen LogP) is 5.53. The average Bonchev–Trinajstić information content (AvgIpc) is 3.46. The number of aliphatic imine (C=N–C) groups is 1. The van der Waals surface area contributed by atoms with E-state index in [1.807, 2.05) is 20.0 Å². The van der Waals surface area contributed by atoms with E-state index in [4.69, 9.17) is 10.5 Å². The molecule has 2 aromatic heterocycles. The van der Waals surface area contributed by atoms with Crippen LogP contribution in [0.25, 0.3) is 0 Å². The Labute approximate surface area is 221 Å². The number of fused-ring (bicyclic) bond motifs is 1. The third kappa shape index (κ3) is 6.70. The first kappa shape index (κ1) is 28.2. The molecule has 3 N–H and O–H groups in total. The number of anilines is 4.